The summed E-state index contributed by atoms with van der Waals surface area (Å²) in [7, 11) is 1.71. The van der Waals surface area contributed by atoms with E-state index in [1.807, 2.05) is 4.90 Å². The van der Waals surface area contributed by atoms with Gasteiger partial charge in [-0.05, 0) is 12.8 Å². The van der Waals surface area contributed by atoms with E-state index in [2.05, 4.69) is 15.5 Å². The Bertz CT molecular complexity index is 240. The van der Waals surface area contributed by atoms with E-state index in [1.165, 1.54) is 0 Å². The number of nitrogens with zero attached hydrogens (tertiary/aromatic N) is 2. The van der Waals surface area contributed by atoms with Crippen molar-refractivity contribution in [1.29, 1.82) is 0 Å². The molecule has 16 heavy (non-hydrogen) atoms. The van der Waals surface area contributed by atoms with E-state index in [1.54, 1.807) is 7.05 Å². The van der Waals surface area contributed by atoms with E-state index in [4.69, 9.17) is 0 Å². The summed E-state index contributed by atoms with van der Waals surface area (Å²) in [5.41, 5.74) is 0. The minimum atomic E-state index is 0.0811. The van der Waals surface area contributed by atoms with Gasteiger partial charge in [-0.2, -0.15) is 0 Å². The van der Waals surface area contributed by atoms with Crippen molar-refractivity contribution in [2.24, 2.45) is 0 Å². The Morgan fingerprint density at radius 2 is 2.12 bits per heavy atom. The van der Waals surface area contributed by atoms with Crippen LogP contribution in [0.5, 0.6) is 0 Å². The van der Waals surface area contributed by atoms with E-state index in [0.717, 1.165) is 52.1 Å². The molecule has 2 saturated heterocycles. The lowest BCUT2D eigenvalue weighted by molar-refractivity contribution is 0.159. The van der Waals surface area contributed by atoms with E-state index in [-0.39, 0.29) is 6.03 Å². The van der Waals surface area contributed by atoms with Crippen molar-refractivity contribution >= 4 is 6.03 Å². The number of hydrogen-bond donors (Lipinski definition) is 2. The van der Waals surface area contributed by atoms with Crippen LogP contribution in [0.15, 0.2) is 0 Å². The Balaban J connectivity index is 1.85. The number of carbonyl (C=O) groups excluding carboxylic acids is 1. The predicted molar refractivity (Wildman–Crippen MR) is 63.5 cm³/mol. The number of rotatable bonds is 2. The first-order valence-electron chi connectivity index (χ1n) is 6.22. The van der Waals surface area contributed by atoms with Crippen molar-refractivity contribution < 1.29 is 4.79 Å². The molecule has 0 spiro atoms. The van der Waals surface area contributed by atoms with Crippen LogP contribution in [0.25, 0.3) is 0 Å². The molecule has 0 saturated carbocycles. The molecule has 2 rings (SSSR count). The van der Waals surface area contributed by atoms with Gasteiger partial charge in [-0.15, -0.1) is 0 Å². The topological polar surface area (TPSA) is 47.6 Å². The van der Waals surface area contributed by atoms with Gasteiger partial charge in [0, 0.05) is 52.4 Å². The summed E-state index contributed by atoms with van der Waals surface area (Å²) < 4.78 is 0. The van der Waals surface area contributed by atoms with Crippen molar-refractivity contribution in [2.45, 2.75) is 18.9 Å². The summed E-state index contributed by atoms with van der Waals surface area (Å²) in [6, 6.07) is 0.496. The molecule has 2 N–H and O–H groups in total. The molecule has 2 aliphatic rings. The first-order valence-corrected chi connectivity index (χ1v) is 6.22. The van der Waals surface area contributed by atoms with Crippen LogP contribution in [0.3, 0.4) is 0 Å². The van der Waals surface area contributed by atoms with Gasteiger partial charge in [-0.25, -0.2) is 4.79 Å². The molecular formula is C11H22N4O. The van der Waals surface area contributed by atoms with Crippen LogP contribution in [-0.2, 0) is 0 Å². The average molecular weight is 226 g/mol. The van der Waals surface area contributed by atoms with Crippen LogP contribution in [0.2, 0.25) is 0 Å². The normalized spacial score (nSPS) is 27.1. The molecule has 2 amide bonds. The maximum atomic E-state index is 11.7. The highest BCUT2D eigenvalue weighted by Gasteiger charge is 2.29. The third kappa shape index (κ3) is 2.65. The Kier molecular flexibility index (Phi) is 4.01. The van der Waals surface area contributed by atoms with Crippen LogP contribution in [-0.4, -0.2) is 68.2 Å². The van der Waals surface area contributed by atoms with E-state index in [9.17, 15) is 4.79 Å². The third-order valence-corrected chi connectivity index (χ3v) is 3.53. The van der Waals surface area contributed by atoms with Gasteiger partial charge in [0.1, 0.15) is 0 Å². The number of nitrogens with one attached hydrogen (secondary N) is 2. The second-order valence-corrected chi connectivity index (χ2v) is 4.60. The van der Waals surface area contributed by atoms with Crippen molar-refractivity contribution in [3.05, 3.63) is 0 Å². The summed E-state index contributed by atoms with van der Waals surface area (Å²) >= 11 is 0. The zero-order valence-electron chi connectivity index (χ0n) is 10.0. The lowest BCUT2D eigenvalue weighted by atomic mass is 10.2. The van der Waals surface area contributed by atoms with Gasteiger partial charge in [0.2, 0.25) is 0 Å². The number of urea groups is 1. The summed E-state index contributed by atoms with van der Waals surface area (Å²) in [6.45, 7) is 6.32. The highest BCUT2D eigenvalue weighted by molar-refractivity contribution is 5.74. The molecule has 1 unspecified atom stereocenters. The quantitative estimate of drug-likeness (QED) is 0.679. The fraction of sp³-hybridized carbons (Fsp3) is 0.909. The molecule has 5 heteroatoms. The second-order valence-electron chi connectivity index (χ2n) is 4.60. The molecule has 5 nitrogen and oxygen atoms in total. The van der Waals surface area contributed by atoms with Gasteiger partial charge in [0.15, 0.2) is 0 Å². The molecular weight excluding hydrogens is 204 g/mol. The first-order chi connectivity index (χ1) is 7.81. The third-order valence-electron chi connectivity index (χ3n) is 3.53. The van der Waals surface area contributed by atoms with Crippen molar-refractivity contribution in [1.82, 2.24) is 20.4 Å². The molecule has 2 fully saturated rings. The summed E-state index contributed by atoms with van der Waals surface area (Å²) in [6.07, 6.45) is 2.29. The average Bonchev–Trinajstić information content (AvgIpc) is 2.77. The number of piperazine rings is 1. The summed E-state index contributed by atoms with van der Waals surface area (Å²) in [5, 5.41) is 6.08. The first kappa shape index (κ1) is 11.7. The molecule has 0 aromatic carbocycles. The molecule has 92 valence electrons. The van der Waals surface area contributed by atoms with E-state index >= 15 is 0 Å². The maximum Gasteiger partial charge on any atom is 0.317 e. The Hall–Kier alpha value is -0.810. The Morgan fingerprint density at radius 1 is 1.38 bits per heavy atom. The van der Waals surface area contributed by atoms with Gasteiger partial charge in [0.05, 0.1) is 0 Å². The van der Waals surface area contributed by atoms with E-state index < -0.39 is 0 Å². The summed E-state index contributed by atoms with van der Waals surface area (Å²) in [4.78, 5) is 16.1. The van der Waals surface area contributed by atoms with Gasteiger partial charge in [-0.1, -0.05) is 0 Å². The van der Waals surface area contributed by atoms with E-state index in [0.29, 0.717) is 6.04 Å². The molecule has 2 heterocycles. The maximum absolute atomic E-state index is 11.7. The number of carbonyl (C=O) groups is 1. The van der Waals surface area contributed by atoms with Crippen LogP contribution in [0.1, 0.15) is 12.8 Å². The molecule has 1 atom stereocenters. The van der Waals surface area contributed by atoms with Crippen molar-refractivity contribution in [2.75, 3.05) is 46.3 Å². The minimum absolute atomic E-state index is 0.0811. The zero-order valence-corrected chi connectivity index (χ0v) is 10.0. The lowest BCUT2D eigenvalue weighted by Crippen LogP contribution is -2.51. The van der Waals surface area contributed by atoms with Gasteiger partial charge < -0.3 is 15.5 Å². The van der Waals surface area contributed by atoms with Gasteiger partial charge in [0.25, 0.3) is 0 Å². The van der Waals surface area contributed by atoms with Crippen LogP contribution >= 0.6 is 0 Å². The minimum Gasteiger partial charge on any atom is -0.341 e. The van der Waals surface area contributed by atoms with Gasteiger partial charge in [-0.3, -0.25) is 4.90 Å². The summed E-state index contributed by atoms with van der Waals surface area (Å²) in [5.74, 6) is 0. The number of likely N-dealkylation sites (tertiary alicyclic amines) is 1. The fourth-order valence-corrected chi connectivity index (χ4v) is 2.63. The lowest BCUT2D eigenvalue weighted by Gasteiger charge is -2.33. The van der Waals surface area contributed by atoms with Crippen LogP contribution < -0.4 is 10.6 Å². The van der Waals surface area contributed by atoms with Crippen LogP contribution in [0.4, 0.5) is 4.79 Å². The smallest absolute Gasteiger partial charge is 0.317 e. The molecule has 0 aliphatic carbocycles. The Labute approximate surface area is 97.2 Å². The van der Waals surface area contributed by atoms with Gasteiger partial charge >= 0.3 is 6.03 Å². The van der Waals surface area contributed by atoms with Crippen LogP contribution in [0, 0.1) is 0 Å². The molecule has 0 radical (unpaired) electrons. The highest BCUT2D eigenvalue weighted by atomic mass is 16.2. The van der Waals surface area contributed by atoms with Crippen molar-refractivity contribution in [3.63, 3.8) is 0 Å². The van der Waals surface area contributed by atoms with Crippen molar-refractivity contribution in [3.8, 4) is 0 Å². The molecule has 0 aromatic rings. The molecule has 0 aromatic heterocycles. The second kappa shape index (κ2) is 5.50. The standard InChI is InChI=1S/C11H22N4O/c1-12-11(16)15-6-2-3-10(15)9-14-7-4-13-5-8-14/h10,13H,2-9H2,1H3,(H,12,16). The largest absolute Gasteiger partial charge is 0.341 e. The number of amides is 2. The number of hydrogen-bond acceptors (Lipinski definition) is 3. The molecule has 2 aliphatic heterocycles. The monoisotopic (exact) mass is 226 g/mol. The SMILES string of the molecule is CNC(=O)N1CCCC1CN1CCNCC1. The molecule has 0 bridgehead atoms. The predicted octanol–water partition coefficient (Wildman–Crippen LogP) is -0.305. The Morgan fingerprint density at radius 3 is 2.81 bits per heavy atom. The fourth-order valence-electron chi connectivity index (χ4n) is 2.63. The zero-order chi connectivity index (χ0) is 11.4. The highest BCUT2D eigenvalue weighted by Crippen LogP contribution is 2.18.